The Labute approximate surface area is 206 Å². The first-order chi connectivity index (χ1) is 16.0. The monoisotopic (exact) mass is 514 g/mol. The SMILES string of the molecule is COc1ncc(-c2csc(Br)c2)cc1-c1ccc(N(C)C)cc1-c1cccc2ccccc12. The van der Waals surface area contributed by atoms with Crippen molar-refractivity contribution in [2.75, 3.05) is 26.1 Å². The van der Waals surface area contributed by atoms with Crippen molar-refractivity contribution in [2.24, 2.45) is 0 Å². The van der Waals surface area contributed by atoms with Gasteiger partial charge in [-0.3, -0.25) is 0 Å². The van der Waals surface area contributed by atoms with Gasteiger partial charge in [0.25, 0.3) is 0 Å². The van der Waals surface area contributed by atoms with Crippen LogP contribution >= 0.6 is 27.3 Å². The lowest BCUT2D eigenvalue weighted by Gasteiger charge is -2.19. The Morgan fingerprint density at radius 2 is 1.64 bits per heavy atom. The van der Waals surface area contributed by atoms with E-state index in [9.17, 15) is 0 Å². The molecule has 0 aliphatic heterocycles. The molecule has 2 aromatic heterocycles. The first-order valence-electron chi connectivity index (χ1n) is 10.6. The highest BCUT2D eigenvalue weighted by Crippen LogP contribution is 2.42. The molecule has 0 fully saturated rings. The molecule has 33 heavy (non-hydrogen) atoms. The van der Waals surface area contributed by atoms with Gasteiger partial charge in [0.1, 0.15) is 0 Å². The summed E-state index contributed by atoms with van der Waals surface area (Å²) in [4.78, 5) is 6.80. The largest absolute Gasteiger partial charge is 0.481 e. The predicted molar refractivity (Wildman–Crippen MR) is 145 cm³/mol. The normalized spacial score (nSPS) is 11.0. The minimum absolute atomic E-state index is 0.618. The van der Waals surface area contributed by atoms with E-state index in [1.165, 1.54) is 16.3 Å². The van der Waals surface area contributed by atoms with Gasteiger partial charge in [-0.15, -0.1) is 11.3 Å². The second kappa shape index (κ2) is 9.00. The molecule has 0 amide bonds. The van der Waals surface area contributed by atoms with Gasteiger partial charge >= 0.3 is 0 Å². The van der Waals surface area contributed by atoms with Crippen LogP contribution in [0, 0.1) is 0 Å². The number of thiophene rings is 1. The molecule has 0 saturated heterocycles. The fourth-order valence-corrected chi connectivity index (χ4v) is 5.32. The molecule has 3 aromatic carbocycles. The molecule has 5 heteroatoms. The maximum Gasteiger partial charge on any atom is 0.221 e. The number of fused-ring (bicyclic) bond motifs is 1. The van der Waals surface area contributed by atoms with Gasteiger partial charge in [0.05, 0.1) is 10.9 Å². The molecule has 164 valence electrons. The number of benzene rings is 3. The number of nitrogens with zero attached hydrogens (tertiary/aromatic N) is 2. The zero-order chi connectivity index (χ0) is 22.9. The van der Waals surface area contributed by atoms with Gasteiger partial charge in [-0.05, 0) is 78.6 Å². The van der Waals surface area contributed by atoms with Crippen molar-refractivity contribution in [3.05, 3.63) is 88.2 Å². The summed E-state index contributed by atoms with van der Waals surface area (Å²) in [6.07, 6.45) is 1.88. The average Bonchev–Trinajstić information content (AvgIpc) is 3.29. The highest BCUT2D eigenvalue weighted by Gasteiger charge is 2.17. The van der Waals surface area contributed by atoms with E-state index in [2.05, 4.69) is 118 Å². The Kier molecular flexibility index (Phi) is 5.92. The Hall–Kier alpha value is -3.15. The predicted octanol–water partition coefficient (Wildman–Crippen LogP) is 8.13. The van der Waals surface area contributed by atoms with Gasteiger partial charge in [0.2, 0.25) is 5.88 Å². The van der Waals surface area contributed by atoms with Crippen LogP contribution in [-0.2, 0) is 0 Å². The molecule has 5 aromatic rings. The Bertz CT molecular complexity index is 1450. The second-order valence-electron chi connectivity index (χ2n) is 8.07. The summed E-state index contributed by atoms with van der Waals surface area (Å²) in [6.45, 7) is 0. The lowest BCUT2D eigenvalue weighted by atomic mass is 9.90. The Morgan fingerprint density at radius 1 is 0.818 bits per heavy atom. The third-order valence-corrected chi connectivity index (χ3v) is 7.34. The van der Waals surface area contributed by atoms with Crippen LogP contribution in [0.5, 0.6) is 5.88 Å². The number of anilines is 1. The molecular weight excluding hydrogens is 492 g/mol. The lowest BCUT2D eigenvalue weighted by molar-refractivity contribution is 0.400. The number of ether oxygens (including phenoxy) is 1. The van der Waals surface area contributed by atoms with Gasteiger partial charge < -0.3 is 9.64 Å². The number of hydrogen-bond donors (Lipinski definition) is 0. The number of rotatable bonds is 5. The molecule has 5 rings (SSSR count). The maximum absolute atomic E-state index is 5.72. The quantitative estimate of drug-likeness (QED) is 0.236. The highest BCUT2D eigenvalue weighted by molar-refractivity contribution is 9.11. The van der Waals surface area contributed by atoms with Crippen molar-refractivity contribution in [2.45, 2.75) is 0 Å². The molecule has 0 N–H and O–H groups in total. The molecular formula is C28H23BrN2OS. The van der Waals surface area contributed by atoms with Crippen molar-refractivity contribution < 1.29 is 4.74 Å². The fourth-order valence-electron chi connectivity index (χ4n) is 4.16. The molecule has 0 atom stereocenters. The first kappa shape index (κ1) is 21.7. The Balaban J connectivity index is 1.79. The van der Waals surface area contributed by atoms with Crippen LogP contribution < -0.4 is 9.64 Å². The fraction of sp³-hybridized carbons (Fsp3) is 0.107. The van der Waals surface area contributed by atoms with E-state index in [-0.39, 0.29) is 0 Å². The summed E-state index contributed by atoms with van der Waals surface area (Å²) in [6, 6.07) is 25.9. The molecule has 3 nitrogen and oxygen atoms in total. The topological polar surface area (TPSA) is 25.4 Å². The smallest absolute Gasteiger partial charge is 0.221 e. The molecule has 0 spiro atoms. The summed E-state index contributed by atoms with van der Waals surface area (Å²) in [5.74, 6) is 0.618. The van der Waals surface area contributed by atoms with E-state index in [0.717, 1.165) is 37.3 Å². The standard InChI is InChI=1S/C28H23BrN2OS/c1-31(2)21-11-12-24(25(15-21)23-10-6-8-18-7-4-5-9-22(18)23)26-13-19(16-30-28(26)32-3)20-14-27(29)33-17-20/h4-17H,1-3H3. The van der Waals surface area contributed by atoms with Crippen LogP contribution in [0.25, 0.3) is 44.2 Å². The van der Waals surface area contributed by atoms with Crippen molar-refractivity contribution in [3.8, 4) is 39.3 Å². The molecule has 0 aliphatic carbocycles. The number of hydrogen-bond acceptors (Lipinski definition) is 4. The lowest BCUT2D eigenvalue weighted by Crippen LogP contribution is -2.08. The van der Waals surface area contributed by atoms with Crippen molar-refractivity contribution in [1.82, 2.24) is 4.98 Å². The second-order valence-corrected chi connectivity index (χ2v) is 10.4. The van der Waals surface area contributed by atoms with Crippen LogP contribution in [-0.4, -0.2) is 26.2 Å². The van der Waals surface area contributed by atoms with Crippen LogP contribution in [0.1, 0.15) is 0 Å². The van der Waals surface area contributed by atoms with Crippen LogP contribution in [0.2, 0.25) is 0 Å². The Morgan fingerprint density at radius 3 is 2.39 bits per heavy atom. The maximum atomic E-state index is 5.72. The summed E-state index contributed by atoms with van der Waals surface area (Å²) < 4.78 is 6.82. The number of halogens is 1. The zero-order valence-electron chi connectivity index (χ0n) is 18.7. The van der Waals surface area contributed by atoms with Crippen LogP contribution in [0.4, 0.5) is 5.69 Å². The summed E-state index contributed by atoms with van der Waals surface area (Å²) in [7, 11) is 5.82. The number of aromatic nitrogens is 1. The van der Waals surface area contributed by atoms with E-state index in [4.69, 9.17) is 4.74 Å². The van der Waals surface area contributed by atoms with Crippen LogP contribution in [0.3, 0.4) is 0 Å². The molecule has 0 unspecified atom stereocenters. The number of methoxy groups -OCH3 is 1. The van der Waals surface area contributed by atoms with E-state index in [0.29, 0.717) is 5.88 Å². The number of pyridine rings is 1. The van der Waals surface area contributed by atoms with Crippen molar-refractivity contribution >= 4 is 43.7 Å². The highest BCUT2D eigenvalue weighted by atomic mass is 79.9. The first-order valence-corrected chi connectivity index (χ1v) is 12.3. The van der Waals surface area contributed by atoms with E-state index < -0.39 is 0 Å². The molecule has 0 aliphatic rings. The third-order valence-electron chi connectivity index (χ3n) is 5.83. The summed E-state index contributed by atoms with van der Waals surface area (Å²) in [5.41, 5.74) is 7.77. The van der Waals surface area contributed by atoms with Gasteiger partial charge in [0, 0.05) is 37.1 Å². The van der Waals surface area contributed by atoms with E-state index in [1.807, 2.05) is 6.20 Å². The van der Waals surface area contributed by atoms with Gasteiger partial charge in [0.15, 0.2) is 0 Å². The van der Waals surface area contributed by atoms with Crippen molar-refractivity contribution in [1.29, 1.82) is 0 Å². The minimum Gasteiger partial charge on any atom is -0.481 e. The zero-order valence-corrected chi connectivity index (χ0v) is 21.1. The van der Waals surface area contributed by atoms with Crippen molar-refractivity contribution in [3.63, 3.8) is 0 Å². The summed E-state index contributed by atoms with van der Waals surface area (Å²) in [5, 5.41) is 4.58. The van der Waals surface area contributed by atoms with Gasteiger partial charge in [-0.1, -0.05) is 48.5 Å². The molecule has 0 bridgehead atoms. The minimum atomic E-state index is 0.618. The van der Waals surface area contributed by atoms with E-state index in [1.54, 1.807) is 18.4 Å². The molecule has 0 saturated carbocycles. The molecule has 0 radical (unpaired) electrons. The molecule has 2 heterocycles. The average molecular weight is 515 g/mol. The van der Waals surface area contributed by atoms with Crippen LogP contribution in [0.15, 0.2) is 88.2 Å². The van der Waals surface area contributed by atoms with Gasteiger partial charge in [-0.2, -0.15) is 0 Å². The summed E-state index contributed by atoms with van der Waals surface area (Å²) >= 11 is 5.25. The van der Waals surface area contributed by atoms with E-state index >= 15 is 0 Å². The third kappa shape index (κ3) is 4.14. The van der Waals surface area contributed by atoms with Gasteiger partial charge in [-0.25, -0.2) is 4.98 Å².